The van der Waals surface area contributed by atoms with E-state index < -0.39 is 0 Å². The maximum atomic E-state index is 5.98. The third kappa shape index (κ3) is 2.18. The van der Waals surface area contributed by atoms with E-state index >= 15 is 0 Å². The molecule has 2 rings (SSSR count). The minimum atomic E-state index is 0.649. The number of hydrogen-bond donors (Lipinski definition) is 2. The zero-order valence-corrected chi connectivity index (χ0v) is 10.4. The maximum Gasteiger partial charge on any atom is 0.119 e. The number of hydrogen-bond acceptors (Lipinski definition) is 4. The van der Waals surface area contributed by atoms with E-state index in [0.717, 1.165) is 22.6 Å². The maximum absolute atomic E-state index is 5.98. The van der Waals surface area contributed by atoms with Crippen molar-refractivity contribution >= 4 is 11.4 Å². The van der Waals surface area contributed by atoms with Crippen molar-refractivity contribution in [3.8, 4) is 22.6 Å². The Morgan fingerprint density at radius 3 is 1.44 bits per heavy atom. The fourth-order valence-electron chi connectivity index (χ4n) is 1.79. The molecule has 0 bridgehead atoms. The summed E-state index contributed by atoms with van der Waals surface area (Å²) in [6.45, 7) is 0. The summed E-state index contributed by atoms with van der Waals surface area (Å²) in [6, 6.07) is 10.9. The molecule has 0 saturated heterocycles. The van der Waals surface area contributed by atoms with Crippen LogP contribution in [0.3, 0.4) is 0 Å². The van der Waals surface area contributed by atoms with Gasteiger partial charge in [0, 0.05) is 22.5 Å². The molecule has 2 aromatic carbocycles. The molecule has 0 aromatic heterocycles. The van der Waals surface area contributed by atoms with Crippen molar-refractivity contribution in [2.45, 2.75) is 0 Å². The molecule has 0 unspecified atom stereocenters. The second-order valence-corrected chi connectivity index (χ2v) is 3.91. The van der Waals surface area contributed by atoms with Gasteiger partial charge in [0.25, 0.3) is 0 Å². The minimum Gasteiger partial charge on any atom is -0.497 e. The lowest BCUT2D eigenvalue weighted by molar-refractivity contribution is 0.414. The minimum absolute atomic E-state index is 0.649. The molecule has 0 aliphatic carbocycles. The van der Waals surface area contributed by atoms with Crippen molar-refractivity contribution in [1.29, 1.82) is 0 Å². The largest absolute Gasteiger partial charge is 0.497 e. The summed E-state index contributed by atoms with van der Waals surface area (Å²) in [5.74, 6) is 1.47. The van der Waals surface area contributed by atoms with Gasteiger partial charge in [-0.05, 0) is 36.4 Å². The molecular weight excluding hydrogens is 228 g/mol. The third-order valence-electron chi connectivity index (χ3n) is 2.81. The van der Waals surface area contributed by atoms with Crippen LogP contribution in [0.4, 0.5) is 11.4 Å². The van der Waals surface area contributed by atoms with Crippen molar-refractivity contribution < 1.29 is 9.47 Å². The number of rotatable bonds is 3. The summed E-state index contributed by atoms with van der Waals surface area (Å²) >= 11 is 0. The molecule has 0 saturated carbocycles. The predicted octanol–water partition coefficient (Wildman–Crippen LogP) is 2.54. The normalized spacial score (nSPS) is 10.1. The van der Waals surface area contributed by atoms with E-state index in [1.54, 1.807) is 26.4 Å². The fraction of sp³-hybridized carbons (Fsp3) is 0.143. The average Bonchev–Trinajstić information content (AvgIpc) is 2.40. The zero-order chi connectivity index (χ0) is 13.1. The molecule has 4 heteroatoms. The van der Waals surface area contributed by atoms with Crippen LogP contribution in [0.25, 0.3) is 11.1 Å². The third-order valence-corrected chi connectivity index (χ3v) is 2.81. The SMILES string of the molecule is COc1ccc(N)c(-c2cc(OC)ccc2N)c1. The van der Waals surface area contributed by atoms with Crippen LogP contribution in [0.1, 0.15) is 0 Å². The number of nitrogens with two attached hydrogens (primary N) is 2. The standard InChI is InChI=1S/C14H16N2O2/c1-17-9-3-5-13(15)11(7-9)12-8-10(18-2)4-6-14(12)16/h3-8H,15-16H2,1-2H3. The van der Waals surface area contributed by atoms with Crippen LogP contribution >= 0.6 is 0 Å². The van der Waals surface area contributed by atoms with E-state index in [9.17, 15) is 0 Å². The molecule has 94 valence electrons. The highest BCUT2D eigenvalue weighted by Crippen LogP contribution is 2.35. The Balaban J connectivity index is 2.60. The molecule has 0 aliphatic rings. The number of ether oxygens (including phenoxy) is 2. The number of nitrogen functional groups attached to an aromatic ring is 2. The summed E-state index contributed by atoms with van der Waals surface area (Å²) in [7, 11) is 3.23. The first-order valence-corrected chi connectivity index (χ1v) is 5.53. The number of benzene rings is 2. The highest BCUT2D eigenvalue weighted by molar-refractivity contribution is 5.85. The molecular formula is C14H16N2O2. The van der Waals surface area contributed by atoms with Crippen molar-refractivity contribution in [3.05, 3.63) is 36.4 Å². The lowest BCUT2D eigenvalue weighted by atomic mass is 10.0. The first kappa shape index (κ1) is 12.1. The van der Waals surface area contributed by atoms with E-state index in [-0.39, 0.29) is 0 Å². The van der Waals surface area contributed by atoms with E-state index in [1.807, 2.05) is 24.3 Å². The second-order valence-electron chi connectivity index (χ2n) is 3.91. The molecule has 0 atom stereocenters. The van der Waals surface area contributed by atoms with Gasteiger partial charge in [-0.1, -0.05) is 0 Å². The van der Waals surface area contributed by atoms with Gasteiger partial charge >= 0.3 is 0 Å². The molecule has 0 radical (unpaired) electrons. The van der Waals surface area contributed by atoms with Crippen molar-refractivity contribution in [2.75, 3.05) is 25.7 Å². The van der Waals surface area contributed by atoms with Crippen LogP contribution in [0.15, 0.2) is 36.4 Å². The average molecular weight is 244 g/mol. The molecule has 0 fully saturated rings. The lowest BCUT2D eigenvalue weighted by Crippen LogP contribution is -1.96. The van der Waals surface area contributed by atoms with Gasteiger partial charge in [-0.2, -0.15) is 0 Å². The van der Waals surface area contributed by atoms with E-state index in [0.29, 0.717) is 11.4 Å². The number of anilines is 2. The van der Waals surface area contributed by atoms with E-state index in [2.05, 4.69) is 0 Å². The molecule has 4 N–H and O–H groups in total. The molecule has 18 heavy (non-hydrogen) atoms. The van der Waals surface area contributed by atoms with Gasteiger partial charge < -0.3 is 20.9 Å². The van der Waals surface area contributed by atoms with Gasteiger partial charge in [-0.15, -0.1) is 0 Å². The van der Waals surface area contributed by atoms with Gasteiger partial charge in [0.15, 0.2) is 0 Å². The van der Waals surface area contributed by atoms with Crippen LogP contribution in [-0.4, -0.2) is 14.2 Å². The smallest absolute Gasteiger partial charge is 0.119 e. The first-order valence-electron chi connectivity index (χ1n) is 5.53. The summed E-state index contributed by atoms with van der Waals surface area (Å²) in [4.78, 5) is 0. The fourth-order valence-corrected chi connectivity index (χ4v) is 1.79. The molecule has 4 nitrogen and oxygen atoms in total. The summed E-state index contributed by atoms with van der Waals surface area (Å²) < 4.78 is 10.4. The first-order chi connectivity index (χ1) is 8.65. The zero-order valence-electron chi connectivity index (χ0n) is 10.4. The molecule has 0 amide bonds. The summed E-state index contributed by atoms with van der Waals surface area (Å²) in [5.41, 5.74) is 14.9. The van der Waals surface area contributed by atoms with Crippen molar-refractivity contribution in [1.82, 2.24) is 0 Å². The Labute approximate surface area is 106 Å². The second kappa shape index (κ2) is 4.87. The van der Waals surface area contributed by atoms with Crippen molar-refractivity contribution in [2.24, 2.45) is 0 Å². The van der Waals surface area contributed by atoms with E-state index in [1.165, 1.54) is 0 Å². The van der Waals surface area contributed by atoms with Crippen LogP contribution < -0.4 is 20.9 Å². The highest BCUT2D eigenvalue weighted by atomic mass is 16.5. The number of methoxy groups -OCH3 is 2. The summed E-state index contributed by atoms with van der Waals surface area (Å²) in [5, 5.41) is 0. The van der Waals surface area contributed by atoms with E-state index in [4.69, 9.17) is 20.9 Å². The molecule has 2 aromatic rings. The Morgan fingerprint density at radius 2 is 1.11 bits per heavy atom. The van der Waals surface area contributed by atoms with Crippen LogP contribution in [0.5, 0.6) is 11.5 Å². The highest BCUT2D eigenvalue weighted by Gasteiger charge is 2.09. The topological polar surface area (TPSA) is 70.5 Å². The molecule has 0 heterocycles. The van der Waals surface area contributed by atoms with Gasteiger partial charge in [-0.3, -0.25) is 0 Å². The lowest BCUT2D eigenvalue weighted by Gasteiger charge is -2.12. The van der Waals surface area contributed by atoms with Gasteiger partial charge in [-0.25, -0.2) is 0 Å². The van der Waals surface area contributed by atoms with Crippen LogP contribution in [0.2, 0.25) is 0 Å². The molecule has 0 spiro atoms. The van der Waals surface area contributed by atoms with Crippen molar-refractivity contribution in [3.63, 3.8) is 0 Å². The summed E-state index contributed by atoms with van der Waals surface area (Å²) in [6.07, 6.45) is 0. The predicted molar refractivity (Wildman–Crippen MR) is 73.8 cm³/mol. The molecule has 0 aliphatic heterocycles. The Bertz CT molecular complexity index is 516. The van der Waals surface area contributed by atoms with Crippen LogP contribution in [-0.2, 0) is 0 Å². The Kier molecular flexibility index (Phi) is 3.28. The van der Waals surface area contributed by atoms with Crippen LogP contribution in [0, 0.1) is 0 Å². The quantitative estimate of drug-likeness (QED) is 0.814. The van der Waals surface area contributed by atoms with Gasteiger partial charge in [0.1, 0.15) is 11.5 Å². The van der Waals surface area contributed by atoms with Gasteiger partial charge in [0.05, 0.1) is 14.2 Å². The monoisotopic (exact) mass is 244 g/mol. The van der Waals surface area contributed by atoms with Gasteiger partial charge in [0.2, 0.25) is 0 Å². The Hall–Kier alpha value is -2.36. The Morgan fingerprint density at radius 1 is 0.722 bits per heavy atom.